The zero-order chi connectivity index (χ0) is 15.2. The molecule has 0 fully saturated rings. The summed E-state index contributed by atoms with van der Waals surface area (Å²) in [7, 11) is 0. The van der Waals surface area contributed by atoms with E-state index in [9.17, 15) is 4.79 Å². The summed E-state index contributed by atoms with van der Waals surface area (Å²) in [5.74, 6) is 0.531. The van der Waals surface area contributed by atoms with Crippen LogP contribution >= 0.6 is 22.9 Å². The van der Waals surface area contributed by atoms with Gasteiger partial charge >= 0.3 is 0 Å². The summed E-state index contributed by atoms with van der Waals surface area (Å²) in [5.41, 5.74) is 6.28. The number of carbonyl (C=O) groups excluding carboxylic acids is 1. The summed E-state index contributed by atoms with van der Waals surface area (Å²) in [6.07, 6.45) is 0. The van der Waals surface area contributed by atoms with Gasteiger partial charge in [0.1, 0.15) is 5.75 Å². The van der Waals surface area contributed by atoms with Crippen molar-refractivity contribution in [1.29, 1.82) is 0 Å². The molecule has 0 aliphatic heterocycles. The second kappa shape index (κ2) is 7.33. The minimum Gasteiger partial charge on any atom is -0.484 e. The highest BCUT2D eigenvalue weighted by Gasteiger charge is 2.14. The molecule has 1 aromatic heterocycles. The molecular formula is C15H17ClN2O2S. The maximum absolute atomic E-state index is 12.2. The van der Waals surface area contributed by atoms with Gasteiger partial charge in [-0.05, 0) is 31.2 Å². The number of rotatable bonds is 6. The molecule has 0 aliphatic rings. The Balaban J connectivity index is 1.91. The molecule has 0 atom stereocenters. The molecule has 0 radical (unpaired) electrons. The summed E-state index contributed by atoms with van der Waals surface area (Å²) in [6, 6.07) is 10.8. The standard InChI is InChI=1S/C15H17ClN2O2S/c1-2-18(9-13-6-7-14(16)21-13)15(19)10-20-12-5-3-4-11(17)8-12/h3-8H,2,9-10,17H2,1H3. The molecule has 0 bridgehead atoms. The Morgan fingerprint density at radius 2 is 2.19 bits per heavy atom. The molecule has 2 rings (SSSR count). The van der Waals surface area contributed by atoms with Crippen LogP contribution in [0.1, 0.15) is 11.8 Å². The number of carbonyl (C=O) groups is 1. The average Bonchev–Trinajstić information content (AvgIpc) is 2.87. The first-order valence-corrected chi connectivity index (χ1v) is 7.78. The van der Waals surface area contributed by atoms with Gasteiger partial charge in [0.2, 0.25) is 0 Å². The monoisotopic (exact) mass is 324 g/mol. The van der Waals surface area contributed by atoms with Gasteiger partial charge in [-0.2, -0.15) is 0 Å². The second-order valence-corrected chi connectivity index (χ2v) is 6.27. The summed E-state index contributed by atoms with van der Waals surface area (Å²) in [6.45, 7) is 3.10. The van der Waals surface area contributed by atoms with Crippen LogP contribution in [0, 0.1) is 0 Å². The highest BCUT2D eigenvalue weighted by molar-refractivity contribution is 7.16. The van der Waals surface area contributed by atoms with Crippen molar-refractivity contribution in [2.45, 2.75) is 13.5 Å². The molecule has 0 saturated heterocycles. The third-order valence-corrected chi connectivity index (χ3v) is 4.15. The molecule has 1 heterocycles. The van der Waals surface area contributed by atoms with Crippen LogP contribution in [-0.2, 0) is 11.3 Å². The van der Waals surface area contributed by atoms with E-state index in [2.05, 4.69) is 0 Å². The molecule has 112 valence electrons. The summed E-state index contributed by atoms with van der Waals surface area (Å²) < 4.78 is 6.21. The van der Waals surface area contributed by atoms with Crippen molar-refractivity contribution in [2.24, 2.45) is 0 Å². The first-order valence-electron chi connectivity index (χ1n) is 6.59. The zero-order valence-electron chi connectivity index (χ0n) is 11.7. The van der Waals surface area contributed by atoms with E-state index >= 15 is 0 Å². The average molecular weight is 325 g/mol. The molecule has 2 N–H and O–H groups in total. The van der Waals surface area contributed by atoms with E-state index in [0.29, 0.717) is 24.5 Å². The van der Waals surface area contributed by atoms with Crippen molar-refractivity contribution in [3.8, 4) is 5.75 Å². The minimum atomic E-state index is -0.0653. The van der Waals surface area contributed by atoms with Gasteiger partial charge in [0, 0.05) is 23.2 Å². The summed E-state index contributed by atoms with van der Waals surface area (Å²) in [4.78, 5) is 15.0. The van der Waals surface area contributed by atoms with Gasteiger partial charge in [0.15, 0.2) is 6.61 Å². The lowest BCUT2D eigenvalue weighted by Gasteiger charge is -2.20. The van der Waals surface area contributed by atoms with E-state index < -0.39 is 0 Å². The van der Waals surface area contributed by atoms with Gasteiger partial charge < -0.3 is 15.4 Å². The van der Waals surface area contributed by atoms with Crippen LogP contribution in [0.3, 0.4) is 0 Å². The van der Waals surface area contributed by atoms with E-state index in [-0.39, 0.29) is 12.5 Å². The van der Waals surface area contributed by atoms with Crippen LogP contribution < -0.4 is 10.5 Å². The van der Waals surface area contributed by atoms with Gasteiger partial charge in [-0.25, -0.2) is 0 Å². The van der Waals surface area contributed by atoms with Crippen molar-refractivity contribution in [3.63, 3.8) is 0 Å². The summed E-state index contributed by atoms with van der Waals surface area (Å²) >= 11 is 7.38. The van der Waals surface area contributed by atoms with Gasteiger partial charge in [-0.3, -0.25) is 4.79 Å². The first kappa shape index (κ1) is 15.7. The number of likely N-dealkylation sites (N-methyl/N-ethyl adjacent to an activating group) is 1. The van der Waals surface area contributed by atoms with Gasteiger partial charge in [0.05, 0.1) is 10.9 Å². The van der Waals surface area contributed by atoms with E-state index in [1.807, 2.05) is 19.1 Å². The zero-order valence-corrected chi connectivity index (χ0v) is 13.3. The smallest absolute Gasteiger partial charge is 0.260 e. The minimum absolute atomic E-state index is 0.00357. The van der Waals surface area contributed by atoms with Gasteiger partial charge in [-0.15, -0.1) is 11.3 Å². The quantitative estimate of drug-likeness (QED) is 0.828. The number of amides is 1. The van der Waals surface area contributed by atoms with Crippen molar-refractivity contribution in [2.75, 3.05) is 18.9 Å². The van der Waals surface area contributed by atoms with Crippen LogP contribution in [0.15, 0.2) is 36.4 Å². The Hall–Kier alpha value is -1.72. The molecule has 2 aromatic rings. The number of ether oxygens (including phenoxy) is 1. The Labute approximate surface area is 133 Å². The number of benzene rings is 1. The Morgan fingerprint density at radius 3 is 2.81 bits per heavy atom. The maximum Gasteiger partial charge on any atom is 0.260 e. The van der Waals surface area contributed by atoms with Crippen molar-refractivity contribution >= 4 is 34.5 Å². The molecule has 4 nitrogen and oxygen atoms in total. The highest BCUT2D eigenvalue weighted by Crippen LogP contribution is 2.22. The van der Waals surface area contributed by atoms with Gasteiger partial charge in [0.25, 0.3) is 5.91 Å². The predicted octanol–water partition coefficient (Wildman–Crippen LogP) is 3.41. The topological polar surface area (TPSA) is 55.6 Å². The molecule has 6 heteroatoms. The Bertz CT molecular complexity index is 615. The lowest BCUT2D eigenvalue weighted by molar-refractivity contribution is -0.133. The predicted molar refractivity (Wildman–Crippen MR) is 86.8 cm³/mol. The van der Waals surface area contributed by atoms with Crippen LogP contribution in [0.4, 0.5) is 5.69 Å². The van der Waals surface area contributed by atoms with E-state index in [1.165, 1.54) is 11.3 Å². The number of halogens is 1. The van der Waals surface area contributed by atoms with E-state index in [4.69, 9.17) is 22.1 Å². The maximum atomic E-state index is 12.2. The molecule has 0 unspecified atom stereocenters. The fourth-order valence-electron chi connectivity index (χ4n) is 1.84. The number of nitrogens with two attached hydrogens (primary N) is 1. The summed E-state index contributed by atoms with van der Waals surface area (Å²) in [5, 5.41) is 0. The number of hydrogen-bond acceptors (Lipinski definition) is 4. The van der Waals surface area contributed by atoms with Crippen molar-refractivity contribution in [3.05, 3.63) is 45.6 Å². The number of hydrogen-bond donors (Lipinski definition) is 1. The lowest BCUT2D eigenvalue weighted by atomic mass is 10.3. The first-order chi connectivity index (χ1) is 10.1. The number of nitrogen functional groups attached to an aromatic ring is 1. The van der Waals surface area contributed by atoms with Crippen molar-refractivity contribution in [1.82, 2.24) is 4.90 Å². The number of thiophene rings is 1. The highest BCUT2D eigenvalue weighted by atomic mass is 35.5. The fraction of sp³-hybridized carbons (Fsp3) is 0.267. The lowest BCUT2D eigenvalue weighted by Crippen LogP contribution is -2.34. The Kier molecular flexibility index (Phi) is 5.47. The third-order valence-electron chi connectivity index (χ3n) is 2.93. The molecule has 1 aromatic carbocycles. The molecule has 0 saturated carbocycles. The Morgan fingerprint density at radius 1 is 1.38 bits per heavy atom. The third kappa shape index (κ3) is 4.65. The van der Waals surface area contributed by atoms with E-state index in [0.717, 1.165) is 9.21 Å². The number of nitrogens with zero attached hydrogens (tertiary/aromatic N) is 1. The second-order valence-electron chi connectivity index (χ2n) is 4.47. The van der Waals surface area contributed by atoms with Crippen molar-refractivity contribution < 1.29 is 9.53 Å². The normalized spacial score (nSPS) is 10.4. The van der Waals surface area contributed by atoms with E-state index in [1.54, 1.807) is 29.2 Å². The van der Waals surface area contributed by atoms with Crippen LogP contribution in [0.25, 0.3) is 0 Å². The number of anilines is 1. The molecular weight excluding hydrogens is 308 g/mol. The van der Waals surface area contributed by atoms with Crippen LogP contribution in [0.5, 0.6) is 5.75 Å². The van der Waals surface area contributed by atoms with Gasteiger partial charge in [-0.1, -0.05) is 17.7 Å². The molecule has 0 aliphatic carbocycles. The fourth-order valence-corrected chi connectivity index (χ4v) is 2.95. The van der Waals surface area contributed by atoms with Crippen LogP contribution in [-0.4, -0.2) is 24.0 Å². The molecule has 0 spiro atoms. The van der Waals surface area contributed by atoms with Crippen LogP contribution in [0.2, 0.25) is 4.34 Å². The molecule has 1 amide bonds. The SMILES string of the molecule is CCN(Cc1ccc(Cl)s1)C(=O)COc1cccc(N)c1. The molecule has 21 heavy (non-hydrogen) atoms. The largest absolute Gasteiger partial charge is 0.484 e.